The first-order valence-electron chi connectivity index (χ1n) is 6.66. The lowest BCUT2D eigenvalue weighted by atomic mass is 10.1. The van der Waals surface area contributed by atoms with Crippen molar-refractivity contribution >= 4 is 0 Å². The van der Waals surface area contributed by atoms with E-state index in [1.807, 2.05) is 13.0 Å². The fourth-order valence-electron chi connectivity index (χ4n) is 1.38. The second-order valence-corrected chi connectivity index (χ2v) is 3.95. The van der Waals surface area contributed by atoms with E-state index in [1.54, 1.807) is 6.08 Å². The zero-order valence-electron chi connectivity index (χ0n) is 11.3. The van der Waals surface area contributed by atoms with Crippen molar-refractivity contribution in [2.24, 2.45) is 0 Å². The first-order chi connectivity index (χ1) is 8.41. The van der Waals surface area contributed by atoms with Gasteiger partial charge in [0.25, 0.3) is 0 Å². The molecule has 0 N–H and O–H groups in total. The average molecular weight is 228 g/mol. The molecule has 0 bridgehead atoms. The molecule has 0 atom stereocenters. The lowest BCUT2D eigenvalue weighted by Crippen LogP contribution is -1.75. The minimum atomic E-state index is 0.819. The van der Waals surface area contributed by atoms with E-state index in [4.69, 9.17) is 0 Å². The zero-order valence-corrected chi connectivity index (χ0v) is 11.3. The number of rotatable bonds is 7. The van der Waals surface area contributed by atoms with Gasteiger partial charge in [-0.05, 0) is 37.7 Å². The average Bonchev–Trinajstić information content (AvgIpc) is 2.35. The van der Waals surface area contributed by atoms with Gasteiger partial charge in [-0.25, -0.2) is 0 Å². The van der Waals surface area contributed by atoms with Crippen LogP contribution in [0, 0.1) is 23.7 Å². The summed E-state index contributed by atoms with van der Waals surface area (Å²) < 4.78 is 0. The SMILES string of the molecule is CC=CC#CC#CCC=CCCCCCCC. The van der Waals surface area contributed by atoms with Gasteiger partial charge in [0.05, 0.1) is 0 Å². The van der Waals surface area contributed by atoms with Crippen LogP contribution in [0.15, 0.2) is 24.3 Å². The fraction of sp³-hybridized carbons (Fsp3) is 0.529. The molecule has 0 aliphatic rings. The van der Waals surface area contributed by atoms with E-state index in [0.717, 1.165) is 6.42 Å². The van der Waals surface area contributed by atoms with Gasteiger partial charge in [-0.3, -0.25) is 0 Å². The van der Waals surface area contributed by atoms with Crippen molar-refractivity contribution in [3.63, 3.8) is 0 Å². The maximum atomic E-state index is 3.01. The molecule has 0 aliphatic carbocycles. The van der Waals surface area contributed by atoms with Gasteiger partial charge in [0.2, 0.25) is 0 Å². The van der Waals surface area contributed by atoms with Crippen LogP contribution in [-0.2, 0) is 0 Å². The van der Waals surface area contributed by atoms with E-state index >= 15 is 0 Å². The van der Waals surface area contributed by atoms with Crippen LogP contribution in [0.3, 0.4) is 0 Å². The summed E-state index contributed by atoms with van der Waals surface area (Å²) in [5, 5.41) is 0. The second kappa shape index (κ2) is 14.6. The molecule has 0 saturated carbocycles. The Bertz CT molecular complexity index is 323. The lowest BCUT2D eigenvalue weighted by Gasteiger charge is -1.95. The summed E-state index contributed by atoms with van der Waals surface area (Å²) in [6.07, 6.45) is 16.8. The third-order valence-corrected chi connectivity index (χ3v) is 2.33. The number of hydrogen-bond donors (Lipinski definition) is 0. The van der Waals surface area contributed by atoms with Crippen LogP contribution in [0.25, 0.3) is 0 Å². The molecule has 0 rings (SSSR count). The van der Waals surface area contributed by atoms with Gasteiger partial charge in [-0.1, -0.05) is 62.7 Å². The number of allylic oxidation sites excluding steroid dienone is 4. The highest BCUT2D eigenvalue weighted by molar-refractivity contribution is 5.30. The highest BCUT2D eigenvalue weighted by Crippen LogP contribution is 2.05. The van der Waals surface area contributed by atoms with Crippen molar-refractivity contribution in [3.05, 3.63) is 24.3 Å². The molecule has 0 radical (unpaired) electrons. The molecule has 0 aromatic heterocycles. The second-order valence-electron chi connectivity index (χ2n) is 3.95. The molecule has 0 unspecified atom stereocenters. The molecule has 17 heavy (non-hydrogen) atoms. The standard InChI is InChI=1S/C17H24/c1-3-5-7-9-11-13-15-17-16-14-12-10-8-6-4-2/h3,5,16-17H,4,6,8,10,12,14-15H2,1-2H3. The molecule has 0 aromatic carbocycles. The molecule has 0 fully saturated rings. The summed E-state index contributed by atoms with van der Waals surface area (Å²) in [6.45, 7) is 4.20. The van der Waals surface area contributed by atoms with Crippen molar-refractivity contribution in [1.29, 1.82) is 0 Å². The Morgan fingerprint density at radius 3 is 2.53 bits per heavy atom. The third kappa shape index (κ3) is 14.6. The van der Waals surface area contributed by atoms with Crippen LogP contribution in [0.2, 0.25) is 0 Å². The maximum absolute atomic E-state index is 3.01. The van der Waals surface area contributed by atoms with Crippen molar-refractivity contribution in [3.8, 4) is 23.7 Å². The van der Waals surface area contributed by atoms with Crippen molar-refractivity contribution in [2.75, 3.05) is 0 Å². The topological polar surface area (TPSA) is 0 Å². The van der Waals surface area contributed by atoms with Crippen molar-refractivity contribution in [2.45, 2.75) is 58.8 Å². The number of hydrogen-bond acceptors (Lipinski definition) is 0. The van der Waals surface area contributed by atoms with Crippen LogP contribution < -0.4 is 0 Å². The largest absolute Gasteiger partial charge is 0.0876 e. The minimum absolute atomic E-state index is 0.819. The van der Waals surface area contributed by atoms with E-state index < -0.39 is 0 Å². The van der Waals surface area contributed by atoms with Gasteiger partial charge in [0.15, 0.2) is 0 Å². The van der Waals surface area contributed by atoms with Gasteiger partial charge in [-0.15, -0.1) is 0 Å². The molecule has 0 aliphatic heterocycles. The molecule has 0 saturated heterocycles. The quantitative estimate of drug-likeness (QED) is 0.331. The highest BCUT2D eigenvalue weighted by atomic mass is 13.9. The third-order valence-electron chi connectivity index (χ3n) is 2.33. The van der Waals surface area contributed by atoms with E-state index in [1.165, 1.54) is 38.5 Å². The van der Waals surface area contributed by atoms with Crippen LogP contribution in [0.1, 0.15) is 58.8 Å². The van der Waals surface area contributed by atoms with Crippen LogP contribution >= 0.6 is 0 Å². The zero-order chi connectivity index (χ0) is 12.6. The van der Waals surface area contributed by atoms with Gasteiger partial charge in [-0.2, -0.15) is 0 Å². The molecule has 0 amide bonds. The Morgan fingerprint density at radius 2 is 1.76 bits per heavy atom. The monoisotopic (exact) mass is 228 g/mol. The summed E-state index contributed by atoms with van der Waals surface area (Å²) in [7, 11) is 0. The molecular weight excluding hydrogens is 204 g/mol. The summed E-state index contributed by atoms with van der Waals surface area (Å²) in [4.78, 5) is 0. The minimum Gasteiger partial charge on any atom is -0.0876 e. The predicted octanol–water partition coefficient (Wildman–Crippen LogP) is 4.88. The van der Waals surface area contributed by atoms with Crippen LogP contribution in [0.4, 0.5) is 0 Å². The van der Waals surface area contributed by atoms with E-state index in [2.05, 4.69) is 42.8 Å². The smallest absolute Gasteiger partial charge is 0.0279 e. The van der Waals surface area contributed by atoms with Gasteiger partial charge >= 0.3 is 0 Å². The van der Waals surface area contributed by atoms with Crippen molar-refractivity contribution < 1.29 is 0 Å². The first kappa shape index (κ1) is 15.6. The normalized spacial score (nSPS) is 10.0. The Kier molecular flexibility index (Phi) is 13.4. The molecule has 0 heteroatoms. The molecular formula is C17H24. The molecule has 92 valence electrons. The van der Waals surface area contributed by atoms with Gasteiger partial charge in [0, 0.05) is 6.42 Å². The molecule has 0 spiro atoms. The summed E-state index contributed by atoms with van der Waals surface area (Å²) in [5.41, 5.74) is 0. The highest BCUT2D eigenvalue weighted by Gasteiger charge is 1.85. The first-order valence-corrected chi connectivity index (χ1v) is 6.66. The van der Waals surface area contributed by atoms with E-state index in [9.17, 15) is 0 Å². The van der Waals surface area contributed by atoms with Crippen LogP contribution in [0.5, 0.6) is 0 Å². The Labute approximate surface area is 107 Å². The Balaban J connectivity index is 3.40. The van der Waals surface area contributed by atoms with Crippen molar-refractivity contribution in [1.82, 2.24) is 0 Å². The Morgan fingerprint density at radius 1 is 0.941 bits per heavy atom. The van der Waals surface area contributed by atoms with Gasteiger partial charge in [0.1, 0.15) is 0 Å². The fourth-order valence-corrected chi connectivity index (χ4v) is 1.38. The Hall–Kier alpha value is -1.40. The number of unbranched alkanes of at least 4 members (excludes halogenated alkanes) is 5. The van der Waals surface area contributed by atoms with E-state index in [-0.39, 0.29) is 0 Å². The molecule has 0 nitrogen and oxygen atoms in total. The lowest BCUT2D eigenvalue weighted by molar-refractivity contribution is 0.637. The summed E-state index contributed by atoms with van der Waals surface area (Å²) in [6, 6.07) is 0. The molecule has 0 aromatic rings. The predicted molar refractivity (Wildman–Crippen MR) is 77.5 cm³/mol. The van der Waals surface area contributed by atoms with E-state index in [0.29, 0.717) is 0 Å². The van der Waals surface area contributed by atoms with Crippen LogP contribution in [-0.4, -0.2) is 0 Å². The summed E-state index contributed by atoms with van der Waals surface area (Å²) in [5.74, 6) is 11.5. The molecule has 0 heterocycles. The maximum Gasteiger partial charge on any atom is 0.0279 e. The van der Waals surface area contributed by atoms with Gasteiger partial charge < -0.3 is 0 Å². The summed E-state index contributed by atoms with van der Waals surface area (Å²) >= 11 is 0.